The monoisotopic (exact) mass is 354 g/mol. The Bertz CT molecular complexity index is 798. The number of hydrogen-bond acceptors (Lipinski definition) is 3. The number of thiophene rings is 1. The van der Waals surface area contributed by atoms with Crippen LogP contribution in [0.5, 0.6) is 0 Å². The van der Waals surface area contributed by atoms with Crippen LogP contribution in [0.15, 0.2) is 35.7 Å². The topological polar surface area (TPSA) is 40.6 Å². The molecule has 0 N–H and O–H groups in total. The molecule has 0 radical (unpaired) electrons. The van der Waals surface area contributed by atoms with E-state index in [0.29, 0.717) is 25.9 Å². The van der Waals surface area contributed by atoms with Gasteiger partial charge in [-0.25, -0.2) is 0 Å². The van der Waals surface area contributed by atoms with Crippen molar-refractivity contribution in [2.24, 2.45) is 0 Å². The minimum atomic E-state index is 0.0936. The molecule has 0 spiro atoms. The van der Waals surface area contributed by atoms with Gasteiger partial charge in [0.05, 0.1) is 0 Å². The first-order valence-corrected chi connectivity index (χ1v) is 9.76. The van der Waals surface area contributed by atoms with E-state index in [4.69, 9.17) is 0 Å². The summed E-state index contributed by atoms with van der Waals surface area (Å²) in [6.07, 6.45) is 2.48. The third-order valence-corrected chi connectivity index (χ3v) is 6.22. The van der Waals surface area contributed by atoms with E-state index < -0.39 is 0 Å². The van der Waals surface area contributed by atoms with Crippen LogP contribution in [-0.2, 0) is 35.5 Å². The maximum Gasteiger partial charge on any atom is 0.223 e. The molecule has 4 rings (SSSR count). The fourth-order valence-electron chi connectivity index (χ4n) is 3.70. The normalized spacial score (nSPS) is 16.3. The number of carbonyl (C=O) groups is 2. The number of benzene rings is 1. The lowest BCUT2D eigenvalue weighted by Gasteiger charge is -2.30. The molecule has 130 valence electrons. The molecule has 4 nitrogen and oxygen atoms in total. The number of carbonyl (C=O) groups excluding carboxylic acids is 2. The minimum absolute atomic E-state index is 0.0936. The zero-order valence-corrected chi connectivity index (χ0v) is 15.1. The van der Waals surface area contributed by atoms with Crippen molar-refractivity contribution in [3.05, 3.63) is 57.3 Å². The number of rotatable bonds is 3. The van der Waals surface area contributed by atoms with Crippen LogP contribution in [0.3, 0.4) is 0 Å². The molecule has 3 heterocycles. The summed E-state index contributed by atoms with van der Waals surface area (Å²) in [4.78, 5) is 30.2. The van der Waals surface area contributed by atoms with E-state index in [1.165, 1.54) is 21.6 Å². The van der Waals surface area contributed by atoms with E-state index in [1.807, 2.05) is 21.9 Å². The van der Waals surface area contributed by atoms with E-state index in [2.05, 4.69) is 23.6 Å². The average Bonchev–Trinajstić information content (AvgIpc) is 3.13. The lowest BCUT2D eigenvalue weighted by molar-refractivity contribution is -0.138. The van der Waals surface area contributed by atoms with Gasteiger partial charge < -0.3 is 9.80 Å². The van der Waals surface area contributed by atoms with Gasteiger partial charge in [-0.05, 0) is 41.0 Å². The van der Waals surface area contributed by atoms with Gasteiger partial charge in [-0.3, -0.25) is 9.59 Å². The van der Waals surface area contributed by atoms with Crippen molar-refractivity contribution in [2.45, 2.75) is 38.8 Å². The summed E-state index contributed by atoms with van der Waals surface area (Å²) in [6.45, 7) is 2.90. The molecule has 2 aliphatic rings. The van der Waals surface area contributed by atoms with Crippen LogP contribution in [0.2, 0.25) is 0 Å². The summed E-state index contributed by atoms with van der Waals surface area (Å²) in [7, 11) is 0. The van der Waals surface area contributed by atoms with Crippen LogP contribution in [0, 0.1) is 0 Å². The summed E-state index contributed by atoms with van der Waals surface area (Å²) < 4.78 is 0. The predicted octanol–water partition coefficient (Wildman–Crippen LogP) is 3.00. The molecule has 5 heteroatoms. The van der Waals surface area contributed by atoms with E-state index in [-0.39, 0.29) is 11.8 Å². The molecular weight excluding hydrogens is 332 g/mol. The molecule has 2 aliphatic heterocycles. The second kappa shape index (κ2) is 7.00. The molecule has 0 fully saturated rings. The van der Waals surface area contributed by atoms with Gasteiger partial charge in [0.1, 0.15) is 0 Å². The average molecular weight is 354 g/mol. The van der Waals surface area contributed by atoms with Crippen LogP contribution >= 0.6 is 11.3 Å². The van der Waals surface area contributed by atoms with E-state index in [1.54, 1.807) is 11.3 Å². The minimum Gasteiger partial charge on any atom is -0.338 e. The van der Waals surface area contributed by atoms with Gasteiger partial charge in [0.2, 0.25) is 11.8 Å². The summed E-state index contributed by atoms with van der Waals surface area (Å²) in [6, 6.07) is 10.4. The first kappa shape index (κ1) is 16.3. The molecular formula is C20H22N2O2S. The Hall–Kier alpha value is -2.14. The Morgan fingerprint density at radius 1 is 0.840 bits per heavy atom. The smallest absolute Gasteiger partial charge is 0.223 e. The number of amides is 2. The first-order valence-electron chi connectivity index (χ1n) is 8.88. The van der Waals surface area contributed by atoms with Gasteiger partial charge in [0, 0.05) is 43.9 Å². The molecule has 0 atom stereocenters. The van der Waals surface area contributed by atoms with Gasteiger partial charge in [-0.15, -0.1) is 11.3 Å². The molecule has 0 saturated heterocycles. The second-order valence-corrected chi connectivity index (χ2v) is 7.77. The molecule has 2 aromatic rings. The first-order chi connectivity index (χ1) is 12.2. The number of nitrogens with zero attached hydrogens (tertiary/aromatic N) is 2. The highest BCUT2D eigenvalue weighted by atomic mass is 32.1. The van der Waals surface area contributed by atoms with Gasteiger partial charge >= 0.3 is 0 Å². The van der Waals surface area contributed by atoms with Gasteiger partial charge in [0.25, 0.3) is 0 Å². The zero-order chi connectivity index (χ0) is 17.2. The number of hydrogen-bond donors (Lipinski definition) is 0. The Labute approximate surface area is 152 Å². The molecule has 0 aliphatic carbocycles. The molecule has 1 aromatic carbocycles. The maximum atomic E-state index is 12.5. The van der Waals surface area contributed by atoms with Crippen LogP contribution in [0.4, 0.5) is 0 Å². The quantitative estimate of drug-likeness (QED) is 0.850. The SMILES string of the molecule is O=C(CCC(=O)N1CCc2sccc2C1)N1CCc2ccccc2C1. The summed E-state index contributed by atoms with van der Waals surface area (Å²) >= 11 is 1.77. The molecule has 0 bridgehead atoms. The van der Waals surface area contributed by atoms with E-state index in [9.17, 15) is 9.59 Å². The highest BCUT2D eigenvalue weighted by Gasteiger charge is 2.24. The van der Waals surface area contributed by atoms with Crippen molar-refractivity contribution >= 4 is 23.2 Å². The van der Waals surface area contributed by atoms with Crippen LogP contribution in [0.25, 0.3) is 0 Å². The Kier molecular flexibility index (Phi) is 4.57. The Morgan fingerprint density at radius 2 is 1.48 bits per heavy atom. The van der Waals surface area contributed by atoms with Crippen LogP contribution < -0.4 is 0 Å². The molecule has 0 saturated carbocycles. The maximum absolute atomic E-state index is 12.5. The molecule has 2 amide bonds. The van der Waals surface area contributed by atoms with Crippen LogP contribution in [0.1, 0.15) is 34.4 Å². The van der Waals surface area contributed by atoms with Crippen molar-refractivity contribution < 1.29 is 9.59 Å². The predicted molar refractivity (Wildman–Crippen MR) is 98.2 cm³/mol. The van der Waals surface area contributed by atoms with Crippen molar-refractivity contribution in [1.82, 2.24) is 9.80 Å². The van der Waals surface area contributed by atoms with Crippen molar-refractivity contribution in [2.75, 3.05) is 13.1 Å². The Balaban J connectivity index is 1.30. The lowest BCUT2D eigenvalue weighted by atomic mass is 9.99. The molecule has 1 aromatic heterocycles. The van der Waals surface area contributed by atoms with Gasteiger partial charge in [-0.2, -0.15) is 0 Å². The summed E-state index contributed by atoms with van der Waals surface area (Å²) in [5, 5.41) is 2.09. The largest absolute Gasteiger partial charge is 0.338 e. The number of fused-ring (bicyclic) bond motifs is 2. The summed E-state index contributed by atoms with van der Waals surface area (Å²) in [5.41, 5.74) is 3.83. The van der Waals surface area contributed by atoms with Crippen LogP contribution in [-0.4, -0.2) is 34.7 Å². The van der Waals surface area contributed by atoms with E-state index >= 15 is 0 Å². The van der Waals surface area contributed by atoms with Gasteiger partial charge in [-0.1, -0.05) is 24.3 Å². The third kappa shape index (κ3) is 3.47. The van der Waals surface area contributed by atoms with Crippen molar-refractivity contribution in [3.63, 3.8) is 0 Å². The fraction of sp³-hybridized carbons (Fsp3) is 0.400. The Morgan fingerprint density at radius 3 is 2.24 bits per heavy atom. The zero-order valence-electron chi connectivity index (χ0n) is 14.2. The summed E-state index contributed by atoms with van der Waals surface area (Å²) in [5.74, 6) is 0.193. The molecule has 0 unspecified atom stereocenters. The van der Waals surface area contributed by atoms with Crippen molar-refractivity contribution in [1.29, 1.82) is 0 Å². The fourth-order valence-corrected chi connectivity index (χ4v) is 4.59. The lowest BCUT2D eigenvalue weighted by Crippen LogP contribution is -2.38. The van der Waals surface area contributed by atoms with Crippen molar-refractivity contribution in [3.8, 4) is 0 Å². The standard InChI is InChI=1S/C20H22N2O2S/c23-19(21-10-7-15-3-1-2-4-16(15)13-21)5-6-20(24)22-11-8-18-17(14-22)9-12-25-18/h1-4,9,12H,5-8,10-11,13-14H2. The third-order valence-electron chi connectivity index (χ3n) is 5.20. The van der Waals surface area contributed by atoms with E-state index in [0.717, 1.165) is 25.9 Å². The highest BCUT2D eigenvalue weighted by Crippen LogP contribution is 2.25. The van der Waals surface area contributed by atoms with Gasteiger partial charge in [0.15, 0.2) is 0 Å². The highest BCUT2D eigenvalue weighted by molar-refractivity contribution is 7.10. The molecule has 25 heavy (non-hydrogen) atoms. The second-order valence-electron chi connectivity index (χ2n) is 6.77.